The van der Waals surface area contributed by atoms with Gasteiger partial charge in [0.2, 0.25) is 15.9 Å². The molecule has 1 aromatic carbocycles. The van der Waals surface area contributed by atoms with Gasteiger partial charge in [-0.1, -0.05) is 0 Å². The van der Waals surface area contributed by atoms with Crippen LogP contribution >= 0.6 is 0 Å². The smallest absolute Gasteiger partial charge is 0.240 e. The largest absolute Gasteiger partial charge is 0.389 e. The summed E-state index contributed by atoms with van der Waals surface area (Å²) in [5.74, 6) is -0.0495. The minimum Gasteiger partial charge on any atom is -0.389 e. The van der Waals surface area contributed by atoms with E-state index in [1.807, 2.05) is 0 Å². The van der Waals surface area contributed by atoms with Gasteiger partial charge < -0.3 is 10.4 Å². The highest BCUT2D eigenvalue weighted by Gasteiger charge is 2.40. The molecule has 1 aromatic rings. The van der Waals surface area contributed by atoms with Crippen LogP contribution in [0.15, 0.2) is 29.2 Å². The fourth-order valence-corrected chi connectivity index (χ4v) is 3.24. The zero-order valence-corrected chi connectivity index (χ0v) is 12.9. The third-order valence-corrected chi connectivity index (χ3v) is 4.98. The Hall–Kier alpha value is -1.44. The molecule has 1 fully saturated rings. The van der Waals surface area contributed by atoms with E-state index in [2.05, 4.69) is 10.0 Å². The standard InChI is InChI=1S/C14H20N2O4S/c1-10(17)16-12-5-7-13(8-6-12)21(19,20)15-9-14(2,18)11-3-4-11/h5-8,11,15,18H,3-4,9H2,1-2H3,(H,16,17). The van der Waals surface area contributed by atoms with Gasteiger partial charge in [-0.2, -0.15) is 0 Å². The molecule has 2 rings (SSSR count). The van der Waals surface area contributed by atoms with Gasteiger partial charge in [0.25, 0.3) is 0 Å². The molecule has 3 N–H and O–H groups in total. The van der Waals surface area contributed by atoms with Crippen molar-refractivity contribution in [2.75, 3.05) is 11.9 Å². The Balaban J connectivity index is 2.03. The highest BCUT2D eigenvalue weighted by molar-refractivity contribution is 7.89. The van der Waals surface area contributed by atoms with Crippen LogP contribution in [0.3, 0.4) is 0 Å². The molecule has 1 amide bonds. The van der Waals surface area contributed by atoms with E-state index in [9.17, 15) is 18.3 Å². The topological polar surface area (TPSA) is 95.5 Å². The summed E-state index contributed by atoms with van der Waals surface area (Å²) in [5.41, 5.74) is -0.477. The highest BCUT2D eigenvalue weighted by atomic mass is 32.2. The van der Waals surface area contributed by atoms with E-state index in [4.69, 9.17) is 0 Å². The lowest BCUT2D eigenvalue weighted by molar-refractivity contribution is -0.114. The number of benzene rings is 1. The fourth-order valence-electron chi connectivity index (χ4n) is 2.09. The van der Waals surface area contributed by atoms with Gasteiger partial charge in [-0.25, -0.2) is 13.1 Å². The summed E-state index contributed by atoms with van der Waals surface area (Å²) in [7, 11) is -3.67. The number of rotatable bonds is 6. The minimum absolute atomic E-state index is 0.00650. The zero-order valence-electron chi connectivity index (χ0n) is 12.1. The molecule has 0 bridgehead atoms. The first-order valence-electron chi connectivity index (χ1n) is 6.80. The molecule has 7 heteroatoms. The molecule has 1 aliphatic rings. The Kier molecular flexibility index (Phi) is 4.36. The number of amides is 1. The van der Waals surface area contributed by atoms with Crippen molar-refractivity contribution in [2.45, 2.75) is 37.2 Å². The number of hydrogen-bond acceptors (Lipinski definition) is 4. The molecule has 1 saturated carbocycles. The molecule has 1 aliphatic carbocycles. The first kappa shape index (κ1) is 15.9. The van der Waals surface area contributed by atoms with Gasteiger partial charge in [0, 0.05) is 19.2 Å². The monoisotopic (exact) mass is 312 g/mol. The molecule has 116 valence electrons. The van der Waals surface area contributed by atoms with Gasteiger partial charge in [0.1, 0.15) is 0 Å². The Morgan fingerprint density at radius 2 is 1.90 bits per heavy atom. The van der Waals surface area contributed by atoms with E-state index in [0.29, 0.717) is 5.69 Å². The first-order chi connectivity index (χ1) is 9.71. The molecule has 0 saturated heterocycles. The van der Waals surface area contributed by atoms with Crippen LogP contribution in [-0.2, 0) is 14.8 Å². The van der Waals surface area contributed by atoms with Crippen molar-refractivity contribution in [1.29, 1.82) is 0 Å². The number of aliphatic hydroxyl groups is 1. The Morgan fingerprint density at radius 3 is 2.38 bits per heavy atom. The molecular weight excluding hydrogens is 292 g/mol. The number of sulfonamides is 1. The van der Waals surface area contributed by atoms with Gasteiger partial charge >= 0.3 is 0 Å². The summed E-state index contributed by atoms with van der Waals surface area (Å²) < 4.78 is 26.7. The fraction of sp³-hybridized carbons (Fsp3) is 0.500. The summed E-state index contributed by atoms with van der Waals surface area (Å²) >= 11 is 0. The van der Waals surface area contributed by atoms with Gasteiger partial charge in [-0.3, -0.25) is 4.79 Å². The maximum Gasteiger partial charge on any atom is 0.240 e. The Labute approximate surface area is 124 Å². The van der Waals surface area contributed by atoms with Gasteiger partial charge in [0.05, 0.1) is 10.5 Å². The minimum atomic E-state index is -3.67. The second-order valence-corrected chi connectivity index (χ2v) is 7.43. The van der Waals surface area contributed by atoms with Crippen molar-refractivity contribution >= 4 is 21.6 Å². The van der Waals surface area contributed by atoms with Crippen LogP contribution in [0, 0.1) is 5.92 Å². The van der Waals surface area contributed by atoms with E-state index < -0.39 is 15.6 Å². The maximum absolute atomic E-state index is 12.1. The number of nitrogens with one attached hydrogen (secondary N) is 2. The second kappa shape index (κ2) is 5.75. The molecule has 0 radical (unpaired) electrons. The predicted octanol–water partition coefficient (Wildman–Crippen LogP) is 1.08. The van der Waals surface area contributed by atoms with E-state index in [0.717, 1.165) is 12.8 Å². The van der Waals surface area contributed by atoms with E-state index in [1.54, 1.807) is 6.92 Å². The maximum atomic E-state index is 12.1. The normalized spacial score (nSPS) is 18.0. The highest BCUT2D eigenvalue weighted by Crippen LogP contribution is 2.39. The van der Waals surface area contributed by atoms with Crippen LogP contribution in [0.5, 0.6) is 0 Å². The van der Waals surface area contributed by atoms with E-state index in [-0.39, 0.29) is 23.3 Å². The predicted molar refractivity (Wildman–Crippen MR) is 79.3 cm³/mol. The lowest BCUT2D eigenvalue weighted by atomic mass is 10.0. The van der Waals surface area contributed by atoms with Crippen molar-refractivity contribution in [3.8, 4) is 0 Å². The summed E-state index contributed by atoms with van der Waals surface area (Å²) in [6.45, 7) is 3.02. The molecule has 0 heterocycles. The SMILES string of the molecule is CC(=O)Nc1ccc(S(=O)(=O)NCC(C)(O)C2CC2)cc1. The Bertz CT molecular complexity index is 619. The summed E-state index contributed by atoms with van der Waals surface area (Å²) in [6.07, 6.45) is 1.86. The van der Waals surface area contributed by atoms with Crippen molar-refractivity contribution < 1.29 is 18.3 Å². The molecule has 0 aromatic heterocycles. The van der Waals surface area contributed by atoms with Crippen LogP contribution < -0.4 is 10.0 Å². The van der Waals surface area contributed by atoms with Crippen molar-refractivity contribution in [1.82, 2.24) is 4.72 Å². The molecule has 6 nitrogen and oxygen atoms in total. The number of carbonyl (C=O) groups excluding carboxylic acids is 1. The number of anilines is 1. The molecule has 0 aliphatic heterocycles. The van der Waals surface area contributed by atoms with Gasteiger partial charge in [0.15, 0.2) is 0 Å². The molecular formula is C14H20N2O4S. The lowest BCUT2D eigenvalue weighted by Gasteiger charge is -2.23. The van der Waals surface area contributed by atoms with Crippen LogP contribution in [0.4, 0.5) is 5.69 Å². The van der Waals surface area contributed by atoms with Crippen molar-refractivity contribution in [2.24, 2.45) is 5.92 Å². The summed E-state index contributed by atoms with van der Waals surface area (Å²) in [4.78, 5) is 11.0. The first-order valence-corrected chi connectivity index (χ1v) is 8.29. The van der Waals surface area contributed by atoms with E-state index >= 15 is 0 Å². The molecule has 1 unspecified atom stereocenters. The average molecular weight is 312 g/mol. The van der Waals surface area contributed by atoms with Crippen LogP contribution in [0.1, 0.15) is 26.7 Å². The zero-order chi connectivity index (χ0) is 15.7. The third-order valence-electron chi connectivity index (χ3n) is 3.56. The summed E-state index contributed by atoms with van der Waals surface area (Å²) in [5, 5.41) is 12.7. The number of hydrogen-bond donors (Lipinski definition) is 3. The van der Waals surface area contributed by atoms with Crippen LogP contribution in [0.2, 0.25) is 0 Å². The van der Waals surface area contributed by atoms with Crippen LogP contribution in [-0.4, -0.2) is 31.6 Å². The van der Waals surface area contributed by atoms with Crippen molar-refractivity contribution in [3.05, 3.63) is 24.3 Å². The van der Waals surface area contributed by atoms with Gasteiger partial charge in [-0.15, -0.1) is 0 Å². The van der Waals surface area contributed by atoms with E-state index in [1.165, 1.54) is 31.2 Å². The molecule has 21 heavy (non-hydrogen) atoms. The average Bonchev–Trinajstić information content (AvgIpc) is 3.21. The second-order valence-electron chi connectivity index (χ2n) is 5.66. The van der Waals surface area contributed by atoms with Gasteiger partial charge in [-0.05, 0) is 49.9 Å². The third kappa shape index (κ3) is 4.26. The molecule has 1 atom stereocenters. The van der Waals surface area contributed by atoms with Crippen LogP contribution in [0.25, 0.3) is 0 Å². The lowest BCUT2D eigenvalue weighted by Crippen LogP contribution is -2.42. The number of carbonyl (C=O) groups is 1. The Morgan fingerprint density at radius 1 is 1.33 bits per heavy atom. The molecule has 0 spiro atoms. The summed E-state index contributed by atoms with van der Waals surface area (Å²) in [6, 6.07) is 5.88. The van der Waals surface area contributed by atoms with Crippen molar-refractivity contribution in [3.63, 3.8) is 0 Å². The quantitative estimate of drug-likeness (QED) is 0.732.